The van der Waals surface area contributed by atoms with Gasteiger partial charge in [0.2, 0.25) is 0 Å². The first-order valence-corrected chi connectivity index (χ1v) is 6.92. The number of nitrogens with two attached hydrogens (primary N) is 1. The fourth-order valence-corrected chi connectivity index (χ4v) is 2.96. The van der Waals surface area contributed by atoms with Crippen molar-refractivity contribution in [1.29, 1.82) is 0 Å². The van der Waals surface area contributed by atoms with Gasteiger partial charge in [-0.2, -0.15) is 0 Å². The summed E-state index contributed by atoms with van der Waals surface area (Å²) in [6.07, 6.45) is 1.34. The first kappa shape index (κ1) is 12.0. The Labute approximate surface area is 102 Å². The van der Waals surface area contributed by atoms with Gasteiger partial charge in [-0.05, 0) is 24.8 Å². The average molecular weight is 239 g/mol. The molecule has 1 aromatic rings. The highest BCUT2D eigenvalue weighted by molar-refractivity contribution is 7.09. The van der Waals surface area contributed by atoms with Crippen LogP contribution in [-0.2, 0) is 13.1 Å². The van der Waals surface area contributed by atoms with E-state index >= 15 is 0 Å². The zero-order valence-electron chi connectivity index (χ0n) is 10.1. The molecule has 0 radical (unpaired) electrons. The zero-order chi connectivity index (χ0) is 11.5. The maximum Gasteiger partial charge on any atom is 0.106 e. The fraction of sp³-hybridized carbons (Fsp3) is 0.750. The van der Waals surface area contributed by atoms with Crippen molar-refractivity contribution in [1.82, 2.24) is 9.88 Å². The number of hydrogen-bond donors (Lipinski definition) is 1. The average Bonchev–Trinajstić information content (AvgIpc) is 2.87. The molecule has 4 heteroatoms. The molecule has 2 rings (SSSR count). The van der Waals surface area contributed by atoms with Gasteiger partial charge in [0.15, 0.2) is 0 Å². The van der Waals surface area contributed by atoms with Crippen LogP contribution in [0.2, 0.25) is 0 Å². The topological polar surface area (TPSA) is 42.1 Å². The van der Waals surface area contributed by atoms with E-state index < -0.39 is 0 Å². The Morgan fingerprint density at radius 1 is 1.62 bits per heavy atom. The van der Waals surface area contributed by atoms with E-state index in [1.54, 1.807) is 11.3 Å². The van der Waals surface area contributed by atoms with Gasteiger partial charge in [-0.25, -0.2) is 4.98 Å². The summed E-state index contributed by atoms with van der Waals surface area (Å²) in [6.45, 7) is 8.66. The van der Waals surface area contributed by atoms with Crippen LogP contribution in [0.4, 0.5) is 0 Å². The SMILES string of the molecule is CC(C)C1CCN(Cc2csc(CN)n2)C1. The lowest BCUT2D eigenvalue weighted by Crippen LogP contribution is -2.21. The summed E-state index contributed by atoms with van der Waals surface area (Å²) in [6, 6.07) is 0. The lowest BCUT2D eigenvalue weighted by Gasteiger charge is -2.16. The quantitative estimate of drug-likeness (QED) is 0.874. The molecule has 0 saturated carbocycles. The summed E-state index contributed by atoms with van der Waals surface area (Å²) in [5.74, 6) is 1.67. The molecule has 2 heterocycles. The van der Waals surface area contributed by atoms with Gasteiger partial charge in [0.25, 0.3) is 0 Å². The molecule has 0 bridgehead atoms. The molecule has 0 amide bonds. The first-order valence-electron chi connectivity index (χ1n) is 6.04. The number of hydrogen-bond acceptors (Lipinski definition) is 4. The van der Waals surface area contributed by atoms with Crippen molar-refractivity contribution in [3.63, 3.8) is 0 Å². The maximum atomic E-state index is 5.57. The smallest absolute Gasteiger partial charge is 0.106 e. The Balaban J connectivity index is 1.87. The molecule has 1 atom stereocenters. The third-order valence-corrected chi connectivity index (χ3v) is 4.33. The highest BCUT2D eigenvalue weighted by Crippen LogP contribution is 2.25. The Morgan fingerprint density at radius 2 is 2.44 bits per heavy atom. The lowest BCUT2D eigenvalue weighted by atomic mass is 9.95. The van der Waals surface area contributed by atoms with Crippen LogP contribution in [0.5, 0.6) is 0 Å². The van der Waals surface area contributed by atoms with Crippen molar-refractivity contribution in [3.05, 3.63) is 16.1 Å². The van der Waals surface area contributed by atoms with E-state index in [9.17, 15) is 0 Å². The van der Waals surface area contributed by atoms with E-state index in [4.69, 9.17) is 5.73 Å². The highest BCUT2D eigenvalue weighted by atomic mass is 32.1. The molecular weight excluding hydrogens is 218 g/mol. The summed E-state index contributed by atoms with van der Waals surface area (Å²) in [4.78, 5) is 7.03. The molecule has 16 heavy (non-hydrogen) atoms. The van der Waals surface area contributed by atoms with Crippen molar-refractivity contribution in [2.45, 2.75) is 33.4 Å². The normalized spacial score (nSPS) is 22.1. The van der Waals surface area contributed by atoms with Crippen LogP contribution < -0.4 is 5.73 Å². The molecule has 1 saturated heterocycles. The Morgan fingerprint density at radius 3 is 3.00 bits per heavy atom. The molecule has 1 aromatic heterocycles. The molecule has 1 aliphatic heterocycles. The molecule has 0 aliphatic carbocycles. The van der Waals surface area contributed by atoms with Gasteiger partial charge in [-0.15, -0.1) is 11.3 Å². The molecule has 2 N–H and O–H groups in total. The fourth-order valence-electron chi connectivity index (χ4n) is 2.29. The van der Waals surface area contributed by atoms with Crippen LogP contribution in [-0.4, -0.2) is 23.0 Å². The number of likely N-dealkylation sites (tertiary alicyclic amines) is 1. The van der Waals surface area contributed by atoms with Gasteiger partial charge in [0.05, 0.1) is 5.69 Å². The molecule has 1 aliphatic rings. The standard InChI is InChI=1S/C12H21N3S/c1-9(2)10-3-4-15(6-10)7-11-8-16-12(5-13)14-11/h8-10H,3-7,13H2,1-2H3. The van der Waals surface area contributed by atoms with Crippen LogP contribution in [0.3, 0.4) is 0 Å². The largest absolute Gasteiger partial charge is 0.325 e. The van der Waals surface area contributed by atoms with E-state index in [0.29, 0.717) is 6.54 Å². The number of nitrogens with zero attached hydrogens (tertiary/aromatic N) is 2. The summed E-state index contributed by atoms with van der Waals surface area (Å²) in [5, 5.41) is 3.19. The van der Waals surface area contributed by atoms with Crippen LogP contribution in [0.25, 0.3) is 0 Å². The van der Waals surface area contributed by atoms with E-state index in [1.807, 2.05) is 0 Å². The molecule has 1 unspecified atom stereocenters. The summed E-state index contributed by atoms with van der Waals surface area (Å²) >= 11 is 1.68. The van der Waals surface area contributed by atoms with Crippen LogP contribution in [0, 0.1) is 11.8 Å². The number of thiazole rings is 1. The minimum absolute atomic E-state index is 0.569. The zero-order valence-corrected chi connectivity index (χ0v) is 11.0. The minimum Gasteiger partial charge on any atom is -0.325 e. The minimum atomic E-state index is 0.569. The van der Waals surface area contributed by atoms with Crippen LogP contribution >= 0.6 is 11.3 Å². The number of aromatic nitrogens is 1. The van der Waals surface area contributed by atoms with E-state index in [0.717, 1.165) is 23.4 Å². The van der Waals surface area contributed by atoms with E-state index in [1.165, 1.54) is 25.2 Å². The molecule has 90 valence electrons. The monoisotopic (exact) mass is 239 g/mol. The molecule has 1 fully saturated rings. The Hall–Kier alpha value is -0.450. The van der Waals surface area contributed by atoms with Crippen LogP contribution in [0.1, 0.15) is 31.0 Å². The second-order valence-corrected chi connectivity index (χ2v) is 5.91. The third-order valence-electron chi connectivity index (χ3n) is 3.41. The van der Waals surface area contributed by atoms with Gasteiger partial charge >= 0.3 is 0 Å². The van der Waals surface area contributed by atoms with E-state index in [2.05, 4.69) is 29.1 Å². The van der Waals surface area contributed by atoms with Crippen molar-refractivity contribution in [3.8, 4) is 0 Å². The van der Waals surface area contributed by atoms with Gasteiger partial charge in [-0.3, -0.25) is 4.90 Å². The second-order valence-electron chi connectivity index (χ2n) is 4.96. The summed E-state index contributed by atoms with van der Waals surface area (Å²) in [7, 11) is 0. The third kappa shape index (κ3) is 2.81. The van der Waals surface area contributed by atoms with Crippen molar-refractivity contribution in [2.24, 2.45) is 17.6 Å². The van der Waals surface area contributed by atoms with Crippen molar-refractivity contribution in [2.75, 3.05) is 13.1 Å². The van der Waals surface area contributed by atoms with Crippen LogP contribution in [0.15, 0.2) is 5.38 Å². The number of rotatable bonds is 4. The predicted octanol–water partition coefficient (Wildman–Crippen LogP) is 2.08. The summed E-state index contributed by atoms with van der Waals surface area (Å²) in [5.41, 5.74) is 6.76. The molecule has 0 spiro atoms. The Bertz CT molecular complexity index is 335. The van der Waals surface area contributed by atoms with Gasteiger partial charge < -0.3 is 5.73 Å². The lowest BCUT2D eigenvalue weighted by molar-refractivity contribution is 0.294. The second kappa shape index (κ2) is 5.25. The molecular formula is C12H21N3S. The highest BCUT2D eigenvalue weighted by Gasteiger charge is 2.24. The maximum absolute atomic E-state index is 5.57. The van der Waals surface area contributed by atoms with Crippen molar-refractivity contribution >= 4 is 11.3 Å². The molecule has 0 aromatic carbocycles. The van der Waals surface area contributed by atoms with Gasteiger partial charge in [0.1, 0.15) is 5.01 Å². The van der Waals surface area contributed by atoms with Crippen molar-refractivity contribution < 1.29 is 0 Å². The van der Waals surface area contributed by atoms with E-state index in [-0.39, 0.29) is 0 Å². The summed E-state index contributed by atoms with van der Waals surface area (Å²) < 4.78 is 0. The molecule has 3 nitrogen and oxygen atoms in total. The predicted molar refractivity (Wildman–Crippen MR) is 68.2 cm³/mol. The Kier molecular flexibility index (Phi) is 3.95. The van der Waals surface area contributed by atoms with Gasteiger partial charge in [0, 0.05) is 25.0 Å². The van der Waals surface area contributed by atoms with Gasteiger partial charge in [-0.1, -0.05) is 13.8 Å². The first-order chi connectivity index (χ1) is 7.69.